The lowest BCUT2D eigenvalue weighted by atomic mass is 9.81. The Balaban J connectivity index is 2.30. The SMILES string of the molecule is C=C1C=Cc2c(ccc(C#N)c2C(F)(F)F)OC1(c1c[nH]nn1)C(C)C. The number of alkyl halides is 3. The molecule has 0 spiro atoms. The third-order valence-electron chi connectivity index (χ3n) is 4.42. The summed E-state index contributed by atoms with van der Waals surface area (Å²) in [7, 11) is 0. The van der Waals surface area contributed by atoms with E-state index < -0.39 is 22.9 Å². The first kappa shape index (κ1) is 17.7. The van der Waals surface area contributed by atoms with Gasteiger partial charge < -0.3 is 4.74 Å². The highest BCUT2D eigenvalue weighted by Gasteiger charge is 2.46. The lowest BCUT2D eigenvalue weighted by Crippen LogP contribution is -2.40. The third-order valence-corrected chi connectivity index (χ3v) is 4.42. The average Bonchev–Trinajstić information content (AvgIpc) is 3.06. The van der Waals surface area contributed by atoms with Crippen molar-refractivity contribution < 1.29 is 17.9 Å². The molecule has 2 aromatic rings. The number of nitrogens with zero attached hydrogens (tertiary/aromatic N) is 3. The predicted octanol–water partition coefficient (Wildman–Crippen LogP) is 4.21. The zero-order valence-corrected chi connectivity index (χ0v) is 14.1. The number of fused-ring (bicyclic) bond motifs is 1. The first-order valence-electron chi connectivity index (χ1n) is 7.79. The van der Waals surface area contributed by atoms with Crippen LogP contribution in [0.15, 0.2) is 36.6 Å². The lowest BCUT2D eigenvalue weighted by Gasteiger charge is -2.36. The molecular weight excluding hydrogens is 345 g/mol. The molecule has 1 aromatic carbocycles. The molecule has 5 nitrogen and oxygen atoms in total. The summed E-state index contributed by atoms with van der Waals surface area (Å²) in [4.78, 5) is 0. The van der Waals surface area contributed by atoms with Gasteiger partial charge in [0.05, 0.1) is 17.2 Å². The molecule has 0 amide bonds. The Morgan fingerprint density at radius 3 is 2.58 bits per heavy atom. The number of H-pyrrole nitrogens is 1. The Morgan fingerprint density at radius 1 is 1.31 bits per heavy atom. The number of nitriles is 1. The largest absolute Gasteiger partial charge is 0.475 e. The fourth-order valence-electron chi connectivity index (χ4n) is 3.18. The summed E-state index contributed by atoms with van der Waals surface area (Å²) in [6.07, 6.45) is -0.426. The van der Waals surface area contributed by atoms with Crippen LogP contribution < -0.4 is 4.74 Å². The Labute approximate surface area is 147 Å². The average molecular weight is 360 g/mol. The number of halogens is 3. The molecular formula is C18H15F3N4O. The number of nitrogens with one attached hydrogen (secondary N) is 1. The normalized spacial score (nSPS) is 19.7. The maximum atomic E-state index is 13.6. The Morgan fingerprint density at radius 2 is 2.04 bits per heavy atom. The maximum absolute atomic E-state index is 13.6. The van der Waals surface area contributed by atoms with Crippen molar-refractivity contribution in [3.8, 4) is 11.8 Å². The van der Waals surface area contributed by atoms with Gasteiger partial charge in [-0.15, -0.1) is 5.10 Å². The highest BCUT2D eigenvalue weighted by molar-refractivity contribution is 5.69. The number of benzene rings is 1. The van der Waals surface area contributed by atoms with E-state index >= 15 is 0 Å². The van der Waals surface area contributed by atoms with E-state index in [1.54, 1.807) is 6.07 Å². The van der Waals surface area contributed by atoms with E-state index in [0.717, 1.165) is 6.07 Å². The second-order valence-electron chi connectivity index (χ2n) is 6.22. The topological polar surface area (TPSA) is 74.6 Å². The Hall–Kier alpha value is -3.08. The summed E-state index contributed by atoms with van der Waals surface area (Å²) in [6.45, 7) is 7.69. The van der Waals surface area contributed by atoms with Crippen molar-refractivity contribution in [1.29, 1.82) is 5.26 Å². The molecule has 0 radical (unpaired) electrons. The van der Waals surface area contributed by atoms with Gasteiger partial charge in [0.15, 0.2) is 5.60 Å². The van der Waals surface area contributed by atoms with Crippen molar-refractivity contribution in [3.05, 3.63) is 58.9 Å². The molecule has 8 heteroatoms. The standard InChI is InChI=1S/C18H15F3N4O/c1-10(2)17(15-9-23-25-24-15)11(3)4-6-13-14(26-17)7-5-12(8-22)16(13)18(19,20)21/h4-7,9-10H,3H2,1-2H3,(H,23,24,25). The van der Waals surface area contributed by atoms with Crippen LogP contribution in [0.3, 0.4) is 0 Å². The van der Waals surface area contributed by atoms with E-state index in [2.05, 4.69) is 22.0 Å². The van der Waals surface area contributed by atoms with E-state index in [-0.39, 0.29) is 17.2 Å². The van der Waals surface area contributed by atoms with E-state index in [1.165, 1.54) is 24.4 Å². The minimum Gasteiger partial charge on any atom is -0.475 e. The van der Waals surface area contributed by atoms with Gasteiger partial charge in [0.25, 0.3) is 0 Å². The van der Waals surface area contributed by atoms with Gasteiger partial charge in [-0.1, -0.05) is 37.8 Å². The van der Waals surface area contributed by atoms with Crippen LogP contribution >= 0.6 is 0 Å². The van der Waals surface area contributed by atoms with Crippen LogP contribution in [0, 0.1) is 17.2 Å². The summed E-state index contributed by atoms with van der Waals surface area (Å²) in [5.41, 5.74) is -2.04. The molecule has 1 N–H and O–H groups in total. The van der Waals surface area contributed by atoms with Gasteiger partial charge in [0.2, 0.25) is 0 Å². The number of aromatic nitrogens is 3. The first-order chi connectivity index (χ1) is 12.2. The molecule has 26 heavy (non-hydrogen) atoms. The van der Waals surface area contributed by atoms with Crippen molar-refractivity contribution in [1.82, 2.24) is 15.4 Å². The van der Waals surface area contributed by atoms with Crippen LogP contribution in [0.1, 0.15) is 36.2 Å². The quantitative estimate of drug-likeness (QED) is 0.871. The van der Waals surface area contributed by atoms with Crippen molar-refractivity contribution in [2.75, 3.05) is 0 Å². The molecule has 3 rings (SSSR count). The maximum Gasteiger partial charge on any atom is 0.418 e. The van der Waals surface area contributed by atoms with E-state index in [0.29, 0.717) is 11.3 Å². The summed E-state index contributed by atoms with van der Waals surface area (Å²) >= 11 is 0. The summed E-state index contributed by atoms with van der Waals surface area (Å²) in [5.74, 6) is -0.205. The van der Waals surface area contributed by atoms with Crippen LogP contribution in [0.25, 0.3) is 6.08 Å². The minimum atomic E-state index is -4.70. The van der Waals surface area contributed by atoms with Crippen LogP contribution in [0.4, 0.5) is 13.2 Å². The highest BCUT2D eigenvalue weighted by Crippen LogP contribution is 2.47. The second-order valence-corrected chi connectivity index (χ2v) is 6.22. The molecule has 0 bridgehead atoms. The van der Waals surface area contributed by atoms with E-state index in [4.69, 9.17) is 10.00 Å². The third kappa shape index (κ3) is 2.56. The van der Waals surface area contributed by atoms with Gasteiger partial charge in [-0.2, -0.15) is 18.4 Å². The Bertz CT molecular complexity index is 923. The molecule has 0 aliphatic carbocycles. The molecule has 0 saturated heterocycles. The number of aromatic amines is 1. The van der Waals surface area contributed by atoms with E-state index in [9.17, 15) is 13.2 Å². The second kappa shape index (κ2) is 6.02. The van der Waals surface area contributed by atoms with Gasteiger partial charge in [-0.3, -0.25) is 5.10 Å². The minimum absolute atomic E-state index is 0.00271. The van der Waals surface area contributed by atoms with Crippen LogP contribution in [0.2, 0.25) is 0 Å². The number of ether oxygens (including phenoxy) is 1. The smallest absolute Gasteiger partial charge is 0.418 e. The molecule has 1 aliphatic rings. The number of hydrogen-bond acceptors (Lipinski definition) is 4. The molecule has 134 valence electrons. The zero-order chi connectivity index (χ0) is 19.1. The Kier molecular flexibility index (Phi) is 4.11. The monoisotopic (exact) mass is 360 g/mol. The van der Waals surface area contributed by atoms with Crippen molar-refractivity contribution >= 4 is 6.08 Å². The summed E-state index contributed by atoms with van der Waals surface area (Å²) < 4.78 is 46.9. The van der Waals surface area contributed by atoms with Crippen molar-refractivity contribution in [3.63, 3.8) is 0 Å². The van der Waals surface area contributed by atoms with Crippen LogP contribution in [-0.4, -0.2) is 15.4 Å². The summed E-state index contributed by atoms with van der Waals surface area (Å²) in [5, 5.41) is 19.4. The molecule has 2 heterocycles. The van der Waals surface area contributed by atoms with E-state index in [1.807, 2.05) is 13.8 Å². The van der Waals surface area contributed by atoms with Gasteiger partial charge in [-0.05, 0) is 17.7 Å². The summed E-state index contributed by atoms with van der Waals surface area (Å²) in [6, 6.07) is 4.07. The first-order valence-corrected chi connectivity index (χ1v) is 7.79. The molecule has 1 atom stereocenters. The fourth-order valence-corrected chi connectivity index (χ4v) is 3.18. The highest BCUT2D eigenvalue weighted by atomic mass is 19.4. The molecule has 1 aromatic heterocycles. The van der Waals surface area contributed by atoms with Gasteiger partial charge in [0, 0.05) is 17.7 Å². The van der Waals surface area contributed by atoms with Crippen molar-refractivity contribution in [2.45, 2.75) is 25.6 Å². The number of rotatable bonds is 2. The lowest BCUT2D eigenvalue weighted by molar-refractivity contribution is -0.138. The molecule has 1 aliphatic heterocycles. The number of hydrogen-bond donors (Lipinski definition) is 1. The van der Waals surface area contributed by atoms with Gasteiger partial charge in [-0.25, -0.2) is 0 Å². The zero-order valence-electron chi connectivity index (χ0n) is 14.1. The van der Waals surface area contributed by atoms with Crippen molar-refractivity contribution in [2.24, 2.45) is 5.92 Å². The van der Waals surface area contributed by atoms with Gasteiger partial charge >= 0.3 is 6.18 Å². The van der Waals surface area contributed by atoms with Crippen LogP contribution in [0.5, 0.6) is 5.75 Å². The fraction of sp³-hybridized carbons (Fsp3) is 0.278. The predicted molar refractivity (Wildman–Crippen MR) is 87.9 cm³/mol. The van der Waals surface area contributed by atoms with Crippen LogP contribution in [-0.2, 0) is 11.8 Å². The molecule has 0 fully saturated rings. The molecule has 1 unspecified atom stereocenters. The molecule has 0 saturated carbocycles. The van der Waals surface area contributed by atoms with Gasteiger partial charge in [0.1, 0.15) is 11.4 Å².